The van der Waals surface area contributed by atoms with E-state index in [4.69, 9.17) is 4.74 Å². The van der Waals surface area contributed by atoms with Crippen molar-refractivity contribution in [2.75, 3.05) is 39.3 Å². The molecule has 1 aliphatic rings. The monoisotopic (exact) mass is 347 g/mol. The number of amides is 3. The van der Waals surface area contributed by atoms with Crippen molar-refractivity contribution >= 4 is 17.9 Å². The van der Waals surface area contributed by atoms with Gasteiger partial charge in [-0.2, -0.15) is 0 Å². The fourth-order valence-corrected chi connectivity index (χ4v) is 2.71. The summed E-state index contributed by atoms with van der Waals surface area (Å²) >= 11 is 0. The maximum Gasteiger partial charge on any atom is 0.409 e. The number of nitrogens with zero attached hydrogens (tertiary/aromatic N) is 2. The van der Waals surface area contributed by atoms with Gasteiger partial charge in [-0.05, 0) is 19.4 Å². The zero-order valence-electron chi connectivity index (χ0n) is 14.8. The third-order valence-corrected chi connectivity index (χ3v) is 4.04. The van der Waals surface area contributed by atoms with E-state index in [0.717, 1.165) is 11.1 Å². The average Bonchev–Trinajstić information content (AvgIpc) is 2.60. The first kappa shape index (κ1) is 18.8. The third kappa shape index (κ3) is 5.77. The van der Waals surface area contributed by atoms with E-state index in [2.05, 4.69) is 5.32 Å². The van der Waals surface area contributed by atoms with Crippen LogP contribution in [0.4, 0.5) is 4.79 Å². The van der Waals surface area contributed by atoms with Crippen molar-refractivity contribution in [1.29, 1.82) is 0 Å². The van der Waals surface area contributed by atoms with E-state index >= 15 is 0 Å². The zero-order valence-corrected chi connectivity index (χ0v) is 14.8. The Morgan fingerprint density at radius 2 is 1.80 bits per heavy atom. The van der Waals surface area contributed by atoms with Crippen LogP contribution >= 0.6 is 0 Å². The van der Waals surface area contributed by atoms with E-state index in [0.29, 0.717) is 32.8 Å². The number of piperazine rings is 1. The molecule has 1 aliphatic heterocycles. The quantitative estimate of drug-likeness (QED) is 0.860. The Labute approximate surface area is 147 Å². The summed E-state index contributed by atoms with van der Waals surface area (Å²) in [6.45, 7) is 5.84. The molecular weight excluding hydrogens is 322 g/mol. The van der Waals surface area contributed by atoms with E-state index in [9.17, 15) is 14.4 Å². The van der Waals surface area contributed by atoms with Gasteiger partial charge in [0.05, 0.1) is 19.6 Å². The molecule has 0 radical (unpaired) electrons. The van der Waals surface area contributed by atoms with E-state index in [1.54, 1.807) is 16.7 Å². The molecule has 0 aromatic heterocycles. The largest absolute Gasteiger partial charge is 0.450 e. The van der Waals surface area contributed by atoms with Crippen molar-refractivity contribution in [2.24, 2.45) is 0 Å². The second-order valence-electron chi connectivity index (χ2n) is 6.01. The van der Waals surface area contributed by atoms with Gasteiger partial charge in [0.15, 0.2) is 0 Å². The lowest BCUT2D eigenvalue weighted by atomic mass is 10.1. The molecule has 0 saturated carbocycles. The molecule has 1 aromatic rings. The van der Waals surface area contributed by atoms with Gasteiger partial charge in [-0.25, -0.2) is 4.79 Å². The number of benzene rings is 1. The van der Waals surface area contributed by atoms with E-state index in [1.807, 2.05) is 31.2 Å². The smallest absolute Gasteiger partial charge is 0.409 e. The van der Waals surface area contributed by atoms with Gasteiger partial charge >= 0.3 is 6.09 Å². The SMILES string of the molecule is CCOC(=O)N1CCN(C(=O)CNC(=O)Cc2cccc(C)c2)CC1. The van der Waals surface area contributed by atoms with Crippen LogP contribution in [0.15, 0.2) is 24.3 Å². The first-order valence-electron chi connectivity index (χ1n) is 8.51. The number of rotatable bonds is 5. The Kier molecular flexibility index (Phi) is 6.80. The van der Waals surface area contributed by atoms with Gasteiger partial charge in [-0.3, -0.25) is 9.59 Å². The van der Waals surface area contributed by atoms with E-state index in [1.165, 1.54) is 0 Å². The minimum Gasteiger partial charge on any atom is -0.450 e. The summed E-state index contributed by atoms with van der Waals surface area (Å²) in [7, 11) is 0. The molecule has 7 nitrogen and oxygen atoms in total. The maximum absolute atomic E-state index is 12.2. The topological polar surface area (TPSA) is 79.0 Å². The first-order valence-corrected chi connectivity index (χ1v) is 8.51. The van der Waals surface area contributed by atoms with Crippen LogP contribution in [0.2, 0.25) is 0 Å². The van der Waals surface area contributed by atoms with Gasteiger partial charge in [0.1, 0.15) is 0 Å². The second-order valence-corrected chi connectivity index (χ2v) is 6.01. The Balaban J connectivity index is 1.72. The summed E-state index contributed by atoms with van der Waals surface area (Å²) in [6.07, 6.45) is -0.0907. The van der Waals surface area contributed by atoms with Crippen LogP contribution in [0, 0.1) is 6.92 Å². The Bertz CT molecular complexity index is 625. The molecule has 1 N–H and O–H groups in total. The van der Waals surface area contributed by atoms with Gasteiger partial charge in [0.25, 0.3) is 0 Å². The molecule has 1 fully saturated rings. The normalized spacial score (nSPS) is 14.2. The number of carbonyl (C=O) groups excluding carboxylic acids is 3. The average molecular weight is 347 g/mol. The standard InChI is InChI=1S/C18H25N3O4/c1-3-25-18(24)21-9-7-20(8-10-21)17(23)13-19-16(22)12-15-6-4-5-14(2)11-15/h4-6,11H,3,7-10,12-13H2,1-2H3,(H,19,22). The summed E-state index contributed by atoms with van der Waals surface area (Å²) in [5, 5.41) is 2.67. The highest BCUT2D eigenvalue weighted by Gasteiger charge is 2.24. The van der Waals surface area contributed by atoms with E-state index < -0.39 is 0 Å². The fraction of sp³-hybridized carbons (Fsp3) is 0.500. The molecule has 7 heteroatoms. The summed E-state index contributed by atoms with van der Waals surface area (Å²) in [4.78, 5) is 39.0. The van der Waals surface area contributed by atoms with Crippen molar-refractivity contribution in [3.05, 3.63) is 35.4 Å². The maximum atomic E-state index is 12.2. The molecule has 136 valence electrons. The van der Waals surface area contributed by atoms with Crippen LogP contribution in [0.1, 0.15) is 18.1 Å². The molecule has 1 aromatic carbocycles. The predicted molar refractivity (Wildman–Crippen MR) is 93.1 cm³/mol. The van der Waals surface area contributed by atoms with E-state index in [-0.39, 0.29) is 30.9 Å². The highest BCUT2D eigenvalue weighted by Crippen LogP contribution is 2.06. The number of hydrogen-bond donors (Lipinski definition) is 1. The Hall–Kier alpha value is -2.57. The fourth-order valence-electron chi connectivity index (χ4n) is 2.71. The van der Waals surface area contributed by atoms with Crippen LogP contribution in [0.25, 0.3) is 0 Å². The molecule has 1 heterocycles. The highest BCUT2D eigenvalue weighted by molar-refractivity contribution is 5.86. The molecule has 0 spiro atoms. The number of hydrogen-bond acceptors (Lipinski definition) is 4. The lowest BCUT2D eigenvalue weighted by Gasteiger charge is -2.34. The van der Waals surface area contributed by atoms with Crippen molar-refractivity contribution in [1.82, 2.24) is 15.1 Å². The van der Waals surface area contributed by atoms with Crippen LogP contribution in [-0.2, 0) is 20.7 Å². The molecule has 2 rings (SSSR count). The first-order chi connectivity index (χ1) is 12.0. The van der Waals surface area contributed by atoms with Crippen molar-refractivity contribution < 1.29 is 19.1 Å². The molecule has 0 bridgehead atoms. The molecule has 25 heavy (non-hydrogen) atoms. The summed E-state index contributed by atoms with van der Waals surface area (Å²) in [5.41, 5.74) is 2.02. The number of aryl methyl sites for hydroxylation is 1. The minimum absolute atomic E-state index is 0.0238. The number of ether oxygens (including phenoxy) is 1. The Morgan fingerprint density at radius 1 is 1.12 bits per heavy atom. The molecule has 0 unspecified atom stereocenters. The third-order valence-electron chi connectivity index (χ3n) is 4.04. The summed E-state index contributed by atoms with van der Waals surface area (Å²) < 4.78 is 4.95. The van der Waals surface area contributed by atoms with Crippen molar-refractivity contribution in [2.45, 2.75) is 20.3 Å². The van der Waals surface area contributed by atoms with Gasteiger partial charge in [-0.15, -0.1) is 0 Å². The van der Waals surface area contributed by atoms with Gasteiger partial charge in [0.2, 0.25) is 11.8 Å². The predicted octanol–water partition coefficient (Wildman–Crippen LogP) is 0.954. The van der Waals surface area contributed by atoms with Crippen LogP contribution in [0.3, 0.4) is 0 Å². The van der Waals surface area contributed by atoms with Crippen LogP contribution in [-0.4, -0.2) is 67.0 Å². The molecule has 0 atom stereocenters. The zero-order chi connectivity index (χ0) is 18.2. The molecule has 1 saturated heterocycles. The van der Waals surface area contributed by atoms with Crippen LogP contribution < -0.4 is 5.32 Å². The van der Waals surface area contributed by atoms with Crippen molar-refractivity contribution in [3.8, 4) is 0 Å². The number of carbonyl (C=O) groups is 3. The lowest BCUT2D eigenvalue weighted by Crippen LogP contribution is -2.52. The molecular formula is C18H25N3O4. The highest BCUT2D eigenvalue weighted by atomic mass is 16.6. The minimum atomic E-state index is -0.346. The van der Waals surface area contributed by atoms with Gasteiger partial charge in [0, 0.05) is 26.2 Å². The summed E-state index contributed by atoms with van der Waals surface area (Å²) in [6, 6.07) is 7.73. The molecule has 3 amide bonds. The van der Waals surface area contributed by atoms with Gasteiger partial charge in [-0.1, -0.05) is 29.8 Å². The van der Waals surface area contributed by atoms with Crippen LogP contribution in [0.5, 0.6) is 0 Å². The number of nitrogens with one attached hydrogen (secondary N) is 1. The molecule has 0 aliphatic carbocycles. The summed E-state index contributed by atoms with van der Waals surface area (Å²) in [5.74, 6) is -0.315. The Morgan fingerprint density at radius 3 is 2.44 bits per heavy atom. The van der Waals surface area contributed by atoms with Gasteiger partial charge < -0.3 is 19.9 Å². The van der Waals surface area contributed by atoms with Crippen molar-refractivity contribution in [3.63, 3.8) is 0 Å². The lowest BCUT2D eigenvalue weighted by molar-refractivity contribution is -0.134. The second kappa shape index (κ2) is 9.05.